The quantitative estimate of drug-likeness (QED) is 0.631. The molecule has 1 N–H and O–H groups in total. The number of nitrogens with zero attached hydrogens (tertiary/aromatic N) is 1. The highest BCUT2D eigenvalue weighted by atomic mass is 35.5. The fourth-order valence-electron chi connectivity index (χ4n) is 1.64. The lowest BCUT2D eigenvalue weighted by molar-refractivity contribution is -0.384. The first-order chi connectivity index (χ1) is 8.90. The maximum absolute atomic E-state index is 10.8. The van der Waals surface area contributed by atoms with Crippen LogP contribution in [-0.2, 0) is 0 Å². The van der Waals surface area contributed by atoms with Gasteiger partial charge in [0, 0.05) is 28.3 Å². The van der Waals surface area contributed by atoms with Crippen LogP contribution in [0, 0.1) is 10.1 Å². The Balaban J connectivity index is 2.71. The highest BCUT2D eigenvalue weighted by molar-refractivity contribution is 6.41. The number of aromatic hydroxyl groups is 1. The van der Waals surface area contributed by atoms with Crippen LogP contribution in [-0.4, -0.2) is 10.0 Å². The summed E-state index contributed by atoms with van der Waals surface area (Å²) in [4.78, 5) is 10.2. The molecule has 0 aliphatic carbocycles. The van der Waals surface area contributed by atoms with Gasteiger partial charge in [0.2, 0.25) is 0 Å². The number of hydrogen-bond acceptors (Lipinski definition) is 3. The number of nitro benzene ring substituents is 1. The smallest absolute Gasteiger partial charge is 0.270 e. The lowest BCUT2D eigenvalue weighted by Gasteiger charge is -2.09. The van der Waals surface area contributed by atoms with E-state index in [0.717, 1.165) is 0 Å². The van der Waals surface area contributed by atoms with E-state index in [4.69, 9.17) is 34.8 Å². The molecule has 2 aromatic rings. The van der Waals surface area contributed by atoms with Crippen LogP contribution in [0.3, 0.4) is 0 Å². The van der Waals surface area contributed by atoms with Gasteiger partial charge in [0.05, 0.1) is 15.0 Å². The van der Waals surface area contributed by atoms with Gasteiger partial charge in [-0.05, 0) is 18.2 Å². The van der Waals surface area contributed by atoms with Crippen molar-refractivity contribution in [3.8, 4) is 16.9 Å². The minimum Gasteiger partial charge on any atom is -0.507 e. The van der Waals surface area contributed by atoms with Gasteiger partial charge in [-0.2, -0.15) is 0 Å². The molecule has 0 aliphatic heterocycles. The lowest BCUT2D eigenvalue weighted by atomic mass is 10.0. The van der Waals surface area contributed by atoms with Crippen molar-refractivity contribution in [1.82, 2.24) is 0 Å². The zero-order valence-corrected chi connectivity index (χ0v) is 11.5. The van der Waals surface area contributed by atoms with Gasteiger partial charge in [-0.15, -0.1) is 0 Å². The first-order valence-corrected chi connectivity index (χ1v) is 6.16. The van der Waals surface area contributed by atoms with Crippen molar-refractivity contribution in [3.05, 3.63) is 55.5 Å². The number of non-ortho nitro benzene ring substituents is 1. The van der Waals surface area contributed by atoms with Crippen molar-refractivity contribution >= 4 is 40.5 Å². The van der Waals surface area contributed by atoms with Crippen LogP contribution in [0.4, 0.5) is 5.69 Å². The summed E-state index contributed by atoms with van der Waals surface area (Å²) in [7, 11) is 0. The van der Waals surface area contributed by atoms with Crippen LogP contribution in [0.5, 0.6) is 5.75 Å². The third kappa shape index (κ3) is 2.76. The number of rotatable bonds is 2. The van der Waals surface area contributed by atoms with E-state index in [9.17, 15) is 15.2 Å². The van der Waals surface area contributed by atoms with Gasteiger partial charge in [-0.1, -0.05) is 34.8 Å². The molecule has 0 aliphatic rings. The van der Waals surface area contributed by atoms with Gasteiger partial charge in [0.25, 0.3) is 5.69 Å². The van der Waals surface area contributed by atoms with Gasteiger partial charge in [-0.3, -0.25) is 10.1 Å². The van der Waals surface area contributed by atoms with Gasteiger partial charge in [0.15, 0.2) is 0 Å². The average molecular weight is 319 g/mol. The fourth-order valence-corrected chi connectivity index (χ4v) is 2.66. The molecule has 4 nitrogen and oxygen atoms in total. The van der Waals surface area contributed by atoms with Crippen molar-refractivity contribution in [1.29, 1.82) is 0 Å². The molecular formula is C12H6Cl3NO3. The number of hydrogen-bond donors (Lipinski definition) is 1. The molecule has 0 saturated carbocycles. The molecule has 98 valence electrons. The van der Waals surface area contributed by atoms with E-state index < -0.39 is 4.92 Å². The summed E-state index contributed by atoms with van der Waals surface area (Å²) >= 11 is 17.8. The number of phenolic OH excluding ortho intramolecular Hbond substituents is 1. The Labute approximate surface area is 123 Å². The summed E-state index contributed by atoms with van der Waals surface area (Å²) in [6.45, 7) is 0. The van der Waals surface area contributed by atoms with E-state index in [-0.39, 0.29) is 27.0 Å². The zero-order valence-electron chi connectivity index (χ0n) is 9.23. The molecule has 2 rings (SSSR count). The Morgan fingerprint density at radius 1 is 1.05 bits per heavy atom. The molecule has 0 bridgehead atoms. The molecule has 2 aromatic carbocycles. The second-order valence-corrected chi connectivity index (χ2v) is 4.95. The van der Waals surface area contributed by atoms with Crippen LogP contribution >= 0.6 is 34.8 Å². The summed E-state index contributed by atoms with van der Waals surface area (Å²) in [5.41, 5.74) is 0.310. The fraction of sp³-hybridized carbons (Fsp3) is 0. The predicted molar refractivity (Wildman–Crippen MR) is 75.2 cm³/mol. The Morgan fingerprint density at radius 2 is 1.63 bits per heavy atom. The molecule has 0 amide bonds. The Hall–Kier alpha value is -1.49. The summed E-state index contributed by atoms with van der Waals surface area (Å²) in [6.07, 6.45) is 0. The third-order valence-electron chi connectivity index (χ3n) is 2.47. The minimum absolute atomic E-state index is 0.156. The molecule has 0 fully saturated rings. The Kier molecular flexibility index (Phi) is 3.85. The first-order valence-electron chi connectivity index (χ1n) is 5.02. The molecule has 0 atom stereocenters. The largest absolute Gasteiger partial charge is 0.507 e. The van der Waals surface area contributed by atoms with E-state index in [1.54, 1.807) is 0 Å². The number of benzene rings is 2. The molecule has 19 heavy (non-hydrogen) atoms. The maximum atomic E-state index is 10.8. The lowest BCUT2D eigenvalue weighted by Crippen LogP contribution is -1.90. The third-order valence-corrected chi connectivity index (χ3v) is 3.28. The average Bonchev–Trinajstić information content (AvgIpc) is 2.29. The molecular weight excluding hydrogens is 312 g/mol. The van der Waals surface area contributed by atoms with Crippen LogP contribution in [0.15, 0.2) is 30.3 Å². The molecule has 0 aromatic heterocycles. The maximum Gasteiger partial charge on any atom is 0.270 e. The highest BCUT2D eigenvalue weighted by Gasteiger charge is 2.17. The second kappa shape index (κ2) is 5.25. The van der Waals surface area contributed by atoms with Crippen molar-refractivity contribution in [2.75, 3.05) is 0 Å². The van der Waals surface area contributed by atoms with Gasteiger partial charge < -0.3 is 5.11 Å². The zero-order chi connectivity index (χ0) is 14.2. The molecule has 0 spiro atoms. The molecule has 7 heteroatoms. The topological polar surface area (TPSA) is 63.4 Å². The number of nitro groups is 1. The number of halogens is 3. The molecule has 0 saturated heterocycles. The summed E-state index contributed by atoms with van der Waals surface area (Å²) in [5, 5.41) is 21.3. The van der Waals surface area contributed by atoms with Crippen molar-refractivity contribution < 1.29 is 10.0 Å². The van der Waals surface area contributed by atoms with Crippen LogP contribution in [0.1, 0.15) is 0 Å². The van der Waals surface area contributed by atoms with Crippen LogP contribution < -0.4 is 0 Å². The molecule has 0 heterocycles. The van der Waals surface area contributed by atoms with E-state index in [0.29, 0.717) is 10.6 Å². The van der Waals surface area contributed by atoms with E-state index >= 15 is 0 Å². The predicted octanol–water partition coefficient (Wildman–Crippen LogP) is 4.93. The standard InChI is InChI=1S/C12H6Cl3NO3/c13-6-3-9(14)12(10(15)4-6)8-5-7(16(18)19)1-2-11(8)17/h1-5,17H. The van der Waals surface area contributed by atoms with Gasteiger partial charge >= 0.3 is 0 Å². The monoisotopic (exact) mass is 317 g/mol. The Morgan fingerprint density at radius 3 is 2.16 bits per heavy atom. The summed E-state index contributed by atoms with van der Waals surface area (Å²) < 4.78 is 0. The minimum atomic E-state index is -0.569. The van der Waals surface area contributed by atoms with Crippen molar-refractivity contribution in [2.45, 2.75) is 0 Å². The van der Waals surface area contributed by atoms with Crippen LogP contribution in [0.2, 0.25) is 15.1 Å². The number of phenols is 1. The van der Waals surface area contributed by atoms with Gasteiger partial charge in [-0.25, -0.2) is 0 Å². The van der Waals surface area contributed by atoms with Gasteiger partial charge in [0.1, 0.15) is 5.75 Å². The second-order valence-electron chi connectivity index (χ2n) is 3.70. The van der Waals surface area contributed by atoms with Crippen molar-refractivity contribution in [3.63, 3.8) is 0 Å². The first kappa shape index (κ1) is 13.9. The van der Waals surface area contributed by atoms with E-state index in [1.165, 1.54) is 30.3 Å². The normalized spacial score (nSPS) is 10.5. The van der Waals surface area contributed by atoms with E-state index in [2.05, 4.69) is 0 Å². The van der Waals surface area contributed by atoms with Crippen molar-refractivity contribution in [2.24, 2.45) is 0 Å². The highest BCUT2D eigenvalue weighted by Crippen LogP contribution is 2.42. The summed E-state index contributed by atoms with van der Waals surface area (Å²) in [6, 6.07) is 6.51. The molecule has 0 unspecified atom stereocenters. The van der Waals surface area contributed by atoms with Crippen LogP contribution in [0.25, 0.3) is 11.1 Å². The Bertz CT molecular complexity index is 650. The summed E-state index contributed by atoms with van der Waals surface area (Å²) in [5.74, 6) is -0.156. The van der Waals surface area contributed by atoms with E-state index in [1.807, 2.05) is 0 Å². The molecule has 0 radical (unpaired) electrons. The SMILES string of the molecule is O=[N+]([O-])c1ccc(O)c(-c2c(Cl)cc(Cl)cc2Cl)c1.